The van der Waals surface area contributed by atoms with E-state index in [0.717, 1.165) is 44.3 Å². The first-order chi connectivity index (χ1) is 14.0. The van der Waals surface area contributed by atoms with E-state index in [0.29, 0.717) is 12.1 Å². The molecule has 0 radical (unpaired) electrons. The van der Waals surface area contributed by atoms with Gasteiger partial charge in [-0.1, -0.05) is 31.0 Å². The van der Waals surface area contributed by atoms with Crippen LogP contribution < -0.4 is 14.8 Å². The molecule has 1 aliphatic carbocycles. The normalized spacial score (nSPS) is 14.7. The Balaban J connectivity index is 1.52. The zero-order valence-electron chi connectivity index (χ0n) is 16.7. The average Bonchev–Trinajstić information content (AvgIpc) is 3.24. The van der Waals surface area contributed by atoms with Crippen LogP contribution in [0.2, 0.25) is 0 Å². The van der Waals surface area contributed by atoms with E-state index in [1.54, 1.807) is 19.2 Å². The highest BCUT2D eigenvalue weighted by Gasteiger charge is 2.23. The van der Waals surface area contributed by atoms with Crippen LogP contribution in [-0.4, -0.2) is 34.0 Å². The number of amides is 1. The quantitative estimate of drug-likeness (QED) is 0.615. The molecule has 1 aliphatic rings. The fourth-order valence-electron chi connectivity index (χ4n) is 3.52. The molecule has 7 heteroatoms. The number of benzene rings is 2. The Bertz CT molecular complexity index is 920. The fourth-order valence-corrected chi connectivity index (χ4v) is 4.87. The standard InChI is InChI=1S/C22H28N2O4S/c1-28-20-13-11-17(12-14-20)6-5-15-23-22(25)18-7-4-10-21(16-18)29(26,27)24-19-8-2-3-9-19/h4,7,10-14,16,19,24H,2-3,5-6,8-9,15H2,1H3,(H,23,25). The third kappa shape index (κ3) is 6.05. The Kier molecular flexibility index (Phi) is 7.28. The minimum Gasteiger partial charge on any atom is -0.497 e. The predicted octanol–water partition coefficient (Wildman–Crippen LogP) is 3.28. The van der Waals surface area contributed by atoms with Crippen LogP contribution in [0.4, 0.5) is 0 Å². The average molecular weight is 417 g/mol. The summed E-state index contributed by atoms with van der Waals surface area (Å²) >= 11 is 0. The molecule has 0 bridgehead atoms. The second-order valence-corrected chi connectivity index (χ2v) is 9.05. The van der Waals surface area contributed by atoms with E-state index < -0.39 is 10.0 Å². The van der Waals surface area contributed by atoms with Gasteiger partial charge in [0.2, 0.25) is 10.0 Å². The van der Waals surface area contributed by atoms with Gasteiger partial charge in [-0.2, -0.15) is 0 Å². The minimum atomic E-state index is -3.61. The first kappa shape index (κ1) is 21.3. The number of carbonyl (C=O) groups excluding carboxylic acids is 1. The van der Waals surface area contributed by atoms with Crippen molar-refractivity contribution in [3.8, 4) is 5.75 Å². The Morgan fingerprint density at radius 2 is 1.83 bits per heavy atom. The molecule has 2 aromatic carbocycles. The lowest BCUT2D eigenvalue weighted by atomic mass is 10.1. The van der Waals surface area contributed by atoms with Crippen LogP contribution in [0, 0.1) is 0 Å². The molecule has 0 spiro atoms. The molecule has 29 heavy (non-hydrogen) atoms. The second kappa shape index (κ2) is 9.89. The maximum atomic E-state index is 12.6. The van der Waals surface area contributed by atoms with Gasteiger partial charge >= 0.3 is 0 Å². The number of ether oxygens (including phenoxy) is 1. The van der Waals surface area contributed by atoms with Crippen molar-refractivity contribution in [3.63, 3.8) is 0 Å². The van der Waals surface area contributed by atoms with E-state index in [9.17, 15) is 13.2 Å². The highest BCUT2D eigenvalue weighted by molar-refractivity contribution is 7.89. The largest absolute Gasteiger partial charge is 0.497 e. The van der Waals surface area contributed by atoms with Gasteiger partial charge in [0.15, 0.2) is 0 Å². The van der Waals surface area contributed by atoms with Gasteiger partial charge in [-0.25, -0.2) is 13.1 Å². The number of aryl methyl sites for hydroxylation is 1. The van der Waals surface area contributed by atoms with Gasteiger partial charge in [0, 0.05) is 18.2 Å². The van der Waals surface area contributed by atoms with E-state index in [2.05, 4.69) is 10.0 Å². The third-order valence-electron chi connectivity index (χ3n) is 5.17. The van der Waals surface area contributed by atoms with Crippen LogP contribution >= 0.6 is 0 Å². The number of methoxy groups -OCH3 is 1. The molecular formula is C22H28N2O4S. The first-order valence-electron chi connectivity index (χ1n) is 10.0. The van der Waals surface area contributed by atoms with Gasteiger partial charge in [0.1, 0.15) is 5.75 Å². The highest BCUT2D eigenvalue weighted by atomic mass is 32.2. The zero-order chi connectivity index (χ0) is 20.7. The number of hydrogen-bond donors (Lipinski definition) is 2. The summed E-state index contributed by atoms with van der Waals surface area (Å²) in [5, 5.41) is 2.86. The molecule has 1 fully saturated rings. The molecule has 0 aromatic heterocycles. The molecular weight excluding hydrogens is 388 g/mol. The first-order valence-corrected chi connectivity index (χ1v) is 11.5. The Labute approximate surface area is 172 Å². The number of rotatable bonds is 9. The molecule has 6 nitrogen and oxygen atoms in total. The summed E-state index contributed by atoms with van der Waals surface area (Å²) < 4.78 is 33.0. The molecule has 0 atom stereocenters. The van der Waals surface area contributed by atoms with Crippen LogP contribution in [0.3, 0.4) is 0 Å². The number of nitrogens with one attached hydrogen (secondary N) is 2. The topological polar surface area (TPSA) is 84.5 Å². The summed E-state index contributed by atoms with van der Waals surface area (Å²) in [5.41, 5.74) is 1.52. The highest BCUT2D eigenvalue weighted by Crippen LogP contribution is 2.21. The van der Waals surface area contributed by atoms with Crippen LogP contribution in [-0.2, 0) is 16.4 Å². The molecule has 1 saturated carbocycles. The fraction of sp³-hybridized carbons (Fsp3) is 0.409. The minimum absolute atomic E-state index is 0.00422. The molecule has 0 heterocycles. The summed E-state index contributed by atoms with van der Waals surface area (Å²) in [6.45, 7) is 0.516. The van der Waals surface area contributed by atoms with Gasteiger partial charge in [0.05, 0.1) is 12.0 Å². The van der Waals surface area contributed by atoms with Crippen LogP contribution in [0.15, 0.2) is 53.4 Å². The van der Waals surface area contributed by atoms with Crippen molar-refractivity contribution in [2.45, 2.75) is 49.5 Å². The van der Waals surface area contributed by atoms with Crippen LogP contribution in [0.1, 0.15) is 48.0 Å². The molecule has 2 aromatic rings. The maximum Gasteiger partial charge on any atom is 0.251 e. The summed E-state index contributed by atoms with van der Waals surface area (Å²) in [5.74, 6) is 0.553. The lowest BCUT2D eigenvalue weighted by molar-refractivity contribution is 0.0953. The third-order valence-corrected chi connectivity index (χ3v) is 6.69. The van der Waals surface area contributed by atoms with Crippen molar-refractivity contribution < 1.29 is 17.9 Å². The summed E-state index contributed by atoms with van der Waals surface area (Å²) in [7, 11) is -1.97. The van der Waals surface area contributed by atoms with Crippen molar-refractivity contribution in [1.82, 2.24) is 10.0 Å². The van der Waals surface area contributed by atoms with E-state index in [-0.39, 0.29) is 16.8 Å². The van der Waals surface area contributed by atoms with Crippen LogP contribution in [0.25, 0.3) is 0 Å². The SMILES string of the molecule is COc1ccc(CCCNC(=O)c2cccc(S(=O)(=O)NC3CCCC3)c2)cc1. The van der Waals surface area contributed by atoms with Crippen molar-refractivity contribution in [2.24, 2.45) is 0 Å². The smallest absolute Gasteiger partial charge is 0.251 e. The van der Waals surface area contributed by atoms with Gasteiger partial charge in [0.25, 0.3) is 5.91 Å². The van der Waals surface area contributed by atoms with Gasteiger partial charge in [-0.05, 0) is 61.6 Å². The van der Waals surface area contributed by atoms with Crippen molar-refractivity contribution >= 4 is 15.9 Å². The molecule has 156 valence electrons. The maximum absolute atomic E-state index is 12.6. The Morgan fingerprint density at radius 3 is 2.52 bits per heavy atom. The van der Waals surface area contributed by atoms with Gasteiger partial charge in [-0.15, -0.1) is 0 Å². The summed E-state index contributed by atoms with van der Waals surface area (Å²) in [4.78, 5) is 12.6. The number of sulfonamides is 1. The molecule has 2 N–H and O–H groups in total. The van der Waals surface area contributed by atoms with E-state index in [1.807, 2.05) is 24.3 Å². The number of carbonyl (C=O) groups is 1. The van der Waals surface area contributed by atoms with Gasteiger partial charge in [-0.3, -0.25) is 4.79 Å². The zero-order valence-corrected chi connectivity index (χ0v) is 17.5. The molecule has 0 saturated heterocycles. The Hall–Kier alpha value is -2.38. The summed E-state index contributed by atoms with van der Waals surface area (Å²) in [6, 6.07) is 14.0. The van der Waals surface area contributed by atoms with E-state index in [1.165, 1.54) is 17.7 Å². The lowest BCUT2D eigenvalue weighted by Crippen LogP contribution is -2.33. The molecule has 3 rings (SSSR count). The molecule has 0 aliphatic heterocycles. The summed E-state index contributed by atoms with van der Waals surface area (Å²) in [6.07, 6.45) is 5.46. The monoisotopic (exact) mass is 416 g/mol. The molecule has 0 unspecified atom stereocenters. The predicted molar refractivity (Wildman–Crippen MR) is 113 cm³/mol. The number of hydrogen-bond acceptors (Lipinski definition) is 4. The van der Waals surface area contributed by atoms with Gasteiger partial charge < -0.3 is 10.1 Å². The molecule has 1 amide bonds. The van der Waals surface area contributed by atoms with E-state index in [4.69, 9.17) is 4.74 Å². The lowest BCUT2D eigenvalue weighted by Gasteiger charge is -2.13. The van der Waals surface area contributed by atoms with Crippen molar-refractivity contribution in [1.29, 1.82) is 0 Å². The van der Waals surface area contributed by atoms with Crippen molar-refractivity contribution in [3.05, 3.63) is 59.7 Å². The van der Waals surface area contributed by atoms with Crippen molar-refractivity contribution in [2.75, 3.05) is 13.7 Å². The Morgan fingerprint density at radius 1 is 1.10 bits per heavy atom. The van der Waals surface area contributed by atoms with Crippen LogP contribution in [0.5, 0.6) is 5.75 Å². The second-order valence-electron chi connectivity index (χ2n) is 7.34. The van der Waals surface area contributed by atoms with E-state index >= 15 is 0 Å².